The molecule has 6 heteroatoms. The number of hydrogen-bond acceptors (Lipinski definition) is 6. The topological polar surface area (TPSA) is 71.1 Å². The van der Waals surface area contributed by atoms with Crippen LogP contribution in [0.3, 0.4) is 0 Å². The summed E-state index contributed by atoms with van der Waals surface area (Å²) in [6, 6.07) is 6.65. The highest BCUT2D eigenvalue weighted by Crippen LogP contribution is 2.21. The Morgan fingerprint density at radius 3 is 2.55 bits per heavy atom. The zero-order valence-corrected chi connectivity index (χ0v) is 12.6. The summed E-state index contributed by atoms with van der Waals surface area (Å²) in [5.74, 6) is -0.222. The van der Waals surface area contributed by atoms with Crippen LogP contribution in [-0.2, 0) is 14.2 Å². The van der Waals surface area contributed by atoms with Gasteiger partial charge in [0.05, 0.1) is 7.11 Å². The Morgan fingerprint density at radius 2 is 1.82 bits per heavy atom. The first kappa shape index (κ1) is 16.1. The lowest BCUT2D eigenvalue weighted by molar-refractivity contribution is -0.0430. The van der Waals surface area contributed by atoms with Crippen LogP contribution in [0, 0.1) is 0 Å². The first-order valence-electron chi connectivity index (χ1n) is 7.34. The van der Waals surface area contributed by atoms with Gasteiger partial charge in [-0.1, -0.05) is 18.6 Å². The standard InChI is InChI=1S/C16H20O6/c1-19-14-10-6-5-9-13(14)15(17)20-11-21-16(18)22-12-7-3-2-4-8-12/h5-6,9-10,12H,2-4,7-8,11H2,1H3. The van der Waals surface area contributed by atoms with E-state index in [1.807, 2.05) is 0 Å². The van der Waals surface area contributed by atoms with Crippen molar-refractivity contribution < 1.29 is 28.5 Å². The van der Waals surface area contributed by atoms with Crippen LogP contribution in [-0.4, -0.2) is 32.1 Å². The molecule has 1 fully saturated rings. The zero-order chi connectivity index (χ0) is 15.8. The Kier molecular flexibility index (Phi) is 6.06. The monoisotopic (exact) mass is 308 g/mol. The quantitative estimate of drug-likeness (QED) is 0.614. The molecular formula is C16H20O6. The minimum atomic E-state index is -0.806. The van der Waals surface area contributed by atoms with Crippen LogP contribution in [0.4, 0.5) is 4.79 Å². The molecule has 0 bridgehead atoms. The Morgan fingerprint density at radius 1 is 1.09 bits per heavy atom. The summed E-state index contributed by atoms with van der Waals surface area (Å²) in [7, 11) is 1.46. The normalized spacial score (nSPS) is 15.0. The van der Waals surface area contributed by atoms with Gasteiger partial charge in [-0.3, -0.25) is 0 Å². The summed E-state index contributed by atoms with van der Waals surface area (Å²) in [6.07, 6.45) is 4.10. The molecule has 1 aliphatic rings. The van der Waals surface area contributed by atoms with Crippen molar-refractivity contribution in [3.05, 3.63) is 29.8 Å². The average Bonchev–Trinajstić information content (AvgIpc) is 2.55. The van der Waals surface area contributed by atoms with Gasteiger partial charge in [-0.15, -0.1) is 0 Å². The van der Waals surface area contributed by atoms with E-state index in [0.29, 0.717) is 5.75 Å². The first-order valence-corrected chi connectivity index (χ1v) is 7.34. The number of ether oxygens (including phenoxy) is 4. The fraction of sp³-hybridized carbons (Fsp3) is 0.500. The van der Waals surface area contributed by atoms with E-state index in [1.54, 1.807) is 24.3 Å². The molecule has 22 heavy (non-hydrogen) atoms. The second kappa shape index (κ2) is 8.26. The van der Waals surface area contributed by atoms with Gasteiger partial charge in [0.2, 0.25) is 6.79 Å². The summed E-state index contributed by atoms with van der Waals surface area (Å²) in [5, 5.41) is 0. The van der Waals surface area contributed by atoms with Gasteiger partial charge in [-0.25, -0.2) is 9.59 Å². The number of benzene rings is 1. The number of methoxy groups -OCH3 is 1. The predicted molar refractivity (Wildman–Crippen MR) is 77.7 cm³/mol. The number of rotatable bonds is 5. The van der Waals surface area contributed by atoms with Crippen molar-refractivity contribution in [2.75, 3.05) is 13.9 Å². The van der Waals surface area contributed by atoms with Crippen LogP contribution in [0.15, 0.2) is 24.3 Å². The van der Waals surface area contributed by atoms with Gasteiger partial charge in [-0.2, -0.15) is 0 Å². The second-order valence-corrected chi connectivity index (χ2v) is 5.02. The fourth-order valence-electron chi connectivity index (χ4n) is 2.38. The van der Waals surface area contributed by atoms with E-state index in [2.05, 4.69) is 0 Å². The zero-order valence-electron chi connectivity index (χ0n) is 12.6. The van der Waals surface area contributed by atoms with Gasteiger partial charge in [0.1, 0.15) is 17.4 Å². The van der Waals surface area contributed by atoms with Crippen LogP contribution >= 0.6 is 0 Å². The third-order valence-corrected chi connectivity index (χ3v) is 3.51. The minimum Gasteiger partial charge on any atom is -0.496 e. The van der Waals surface area contributed by atoms with E-state index in [4.69, 9.17) is 18.9 Å². The van der Waals surface area contributed by atoms with Crippen molar-refractivity contribution in [1.82, 2.24) is 0 Å². The molecule has 0 heterocycles. The van der Waals surface area contributed by atoms with Gasteiger partial charge < -0.3 is 18.9 Å². The van der Waals surface area contributed by atoms with Crippen molar-refractivity contribution in [2.24, 2.45) is 0 Å². The highest BCUT2D eigenvalue weighted by Gasteiger charge is 2.19. The summed E-state index contributed by atoms with van der Waals surface area (Å²) in [6.45, 7) is -0.484. The molecule has 1 aromatic carbocycles. The lowest BCUT2D eigenvalue weighted by Crippen LogP contribution is -2.22. The molecule has 0 radical (unpaired) electrons. The molecule has 1 aliphatic carbocycles. The van der Waals surface area contributed by atoms with E-state index in [9.17, 15) is 9.59 Å². The summed E-state index contributed by atoms with van der Waals surface area (Å²) in [5.41, 5.74) is 0.272. The average molecular weight is 308 g/mol. The molecule has 0 unspecified atom stereocenters. The summed E-state index contributed by atoms with van der Waals surface area (Å²) < 4.78 is 19.9. The van der Waals surface area contributed by atoms with E-state index in [0.717, 1.165) is 25.7 Å². The van der Waals surface area contributed by atoms with Crippen LogP contribution in [0.5, 0.6) is 5.75 Å². The maximum atomic E-state index is 11.9. The van der Waals surface area contributed by atoms with Gasteiger partial charge in [0.25, 0.3) is 0 Å². The lowest BCUT2D eigenvalue weighted by Gasteiger charge is -2.21. The third kappa shape index (κ3) is 4.65. The molecule has 0 aliphatic heterocycles. The summed E-state index contributed by atoms with van der Waals surface area (Å²) in [4.78, 5) is 23.4. The molecule has 0 N–H and O–H groups in total. The predicted octanol–water partition coefficient (Wildman–Crippen LogP) is 3.30. The van der Waals surface area contributed by atoms with Gasteiger partial charge in [0.15, 0.2) is 0 Å². The van der Waals surface area contributed by atoms with Crippen molar-refractivity contribution in [2.45, 2.75) is 38.2 Å². The van der Waals surface area contributed by atoms with Crippen LogP contribution in [0.25, 0.3) is 0 Å². The highest BCUT2D eigenvalue weighted by atomic mass is 16.8. The number of para-hydroxylation sites is 1. The van der Waals surface area contributed by atoms with E-state index < -0.39 is 18.9 Å². The number of hydrogen-bond donors (Lipinski definition) is 0. The molecule has 0 atom stereocenters. The Bertz CT molecular complexity index is 507. The SMILES string of the molecule is COc1ccccc1C(=O)OCOC(=O)OC1CCCCC1. The number of carbonyl (C=O) groups excluding carboxylic acids is 2. The molecule has 6 nitrogen and oxygen atoms in total. The molecule has 120 valence electrons. The summed E-state index contributed by atoms with van der Waals surface area (Å²) >= 11 is 0. The molecule has 2 rings (SSSR count). The Hall–Kier alpha value is -2.24. The Balaban J connectivity index is 1.73. The molecule has 1 saturated carbocycles. The molecule has 0 saturated heterocycles. The molecule has 0 amide bonds. The first-order chi connectivity index (χ1) is 10.7. The van der Waals surface area contributed by atoms with Gasteiger partial charge in [0, 0.05) is 0 Å². The molecule has 0 spiro atoms. The van der Waals surface area contributed by atoms with E-state index in [1.165, 1.54) is 13.5 Å². The number of carbonyl (C=O) groups is 2. The van der Waals surface area contributed by atoms with Crippen LogP contribution in [0.2, 0.25) is 0 Å². The molecule has 0 aromatic heterocycles. The maximum absolute atomic E-state index is 11.9. The van der Waals surface area contributed by atoms with E-state index >= 15 is 0 Å². The van der Waals surface area contributed by atoms with Crippen molar-refractivity contribution >= 4 is 12.1 Å². The fourth-order valence-corrected chi connectivity index (χ4v) is 2.38. The second-order valence-electron chi connectivity index (χ2n) is 5.02. The van der Waals surface area contributed by atoms with Gasteiger partial charge in [-0.05, 0) is 37.8 Å². The van der Waals surface area contributed by atoms with Crippen LogP contribution in [0.1, 0.15) is 42.5 Å². The lowest BCUT2D eigenvalue weighted by atomic mass is 9.98. The number of esters is 1. The van der Waals surface area contributed by atoms with Crippen molar-refractivity contribution in [3.63, 3.8) is 0 Å². The smallest absolute Gasteiger partial charge is 0.496 e. The van der Waals surface area contributed by atoms with Crippen LogP contribution < -0.4 is 4.74 Å². The van der Waals surface area contributed by atoms with Crippen molar-refractivity contribution in [3.8, 4) is 5.75 Å². The Labute approximate surface area is 129 Å². The highest BCUT2D eigenvalue weighted by molar-refractivity contribution is 5.92. The largest absolute Gasteiger partial charge is 0.511 e. The minimum absolute atomic E-state index is 0.0915. The van der Waals surface area contributed by atoms with E-state index in [-0.39, 0.29) is 11.7 Å². The van der Waals surface area contributed by atoms with Gasteiger partial charge >= 0.3 is 12.1 Å². The maximum Gasteiger partial charge on any atom is 0.511 e. The molecule has 1 aromatic rings. The molecular weight excluding hydrogens is 288 g/mol. The third-order valence-electron chi connectivity index (χ3n) is 3.51. The van der Waals surface area contributed by atoms with Crippen molar-refractivity contribution in [1.29, 1.82) is 0 Å².